The molecule has 0 heterocycles. The molecule has 0 spiro atoms. The summed E-state index contributed by atoms with van der Waals surface area (Å²) in [5, 5.41) is 14.6. The molecule has 6 nitrogen and oxygen atoms in total. The number of rotatable bonds is 6. The molecule has 0 bridgehead atoms. The van der Waals surface area contributed by atoms with Crippen LogP contribution in [0.25, 0.3) is 0 Å². The molecule has 2 amide bonds. The molecule has 104 valence electrons. The van der Waals surface area contributed by atoms with Crippen LogP contribution in [-0.2, 0) is 9.53 Å². The van der Waals surface area contributed by atoms with E-state index in [-0.39, 0.29) is 12.1 Å². The molecule has 2 unspecified atom stereocenters. The highest BCUT2D eigenvalue weighted by molar-refractivity contribution is 5.79. The van der Waals surface area contributed by atoms with Crippen LogP contribution in [0.4, 0.5) is 4.79 Å². The number of carboxylic acids is 1. The van der Waals surface area contributed by atoms with Gasteiger partial charge in [-0.2, -0.15) is 0 Å². The third-order valence-corrected chi connectivity index (χ3v) is 3.49. The van der Waals surface area contributed by atoms with E-state index in [1.807, 2.05) is 6.92 Å². The lowest BCUT2D eigenvalue weighted by atomic mass is 9.85. The molecular weight excluding hydrogens is 236 g/mol. The lowest BCUT2D eigenvalue weighted by molar-refractivity contribution is -0.148. The highest BCUT2D eigenvalue weighted by Crippen LogP contribution is 2.38. The Morgan fingerprint density at radius 2 is 2.22 bits per heavy atom. The molecule has 18 heavy (non-hydrogen) atoms. The summed E-state index contributed by atoms with van der Waals surface area (Å²) < 4.78 is 5.10. The van der Waals surface area contributed by atoms with Crippen molar-refractivity contribution in [1.82, 2.24) is 10.6 Å². The Kier molecular flexibility index (Phi) is 5.40. The zero-order valence-corrected chi connectivity index (χ0v) is 11.0. The average Bonchev–Trinajstić information content (AvgIpc) is 2.68. The van der Waals surface area contributed by atoms with E-state index >= 15 is 0 Å². The minimum Gasteiger partial charge on any atom is -0.481 e. The van der Waals surface area contributed by atoms with Crippen LogP contribution in [-0.4, -0.2) is 42.9 Å². The molecule has 0 radical (unpaired) electrons. The summed E-state index contributed by atoms with van der Waals surface area (Å²) in [6, 6.07) is -0.629. The molecule has 0 aromatic carbocycles. The van der Waals surface area contributed by atoms with Gasteiger partial charge in [0.25, 0.3) is 0 Å². The first-order valence-electron chi connectivity index (χ1n) is 6.36. The predicted molar refractivity (Wildman–Crippen MR) is 66.4 cm³/mol. The van der Waals surface area contributed by atoms with Gasteiger partial charge in [-0.15, -0.1) is 0 Å². The van der Waals surface area contributed by atoms with E-state index in [0.29, 0.717) is 32.6 Å². The van der Waals surface area contributed by atoms with Crippen molar-refractivity contribution in [3.05, 3.63) is 0 Å². The van der Waals surface area contributed by atoms with Crippen LogP contribution in [0.15, 0.2) is 0 Å². The summed E-state index contributed by atoms with van der Waals surface area (Å²) in [6.45, 7) is 5.08. The summed E-state index contributed by atoms with van der Waals surface area (Å²) in [5.41, 5.74) is -0.850. The van der Waals surface area contributed by atoms with Gasteiger partial charge in [0.05, 0.1) is 12.0 Å². The predicted octanol–water partition coefficient (Wildman–Crippen LogP) is 0.965. The topological polar surface area (TPSA) is 87.7 Å². The van der Waals surface area contributed by atoms with Crippen LogP contribution < -0.4 is 10.6 Å². The number of urea groups is 1. The normalized spacial score (nSPS) is 26.9. The van der Waals surface area contributed by atoms with Crippen molar-refractivity contribution >= 4 is 12.0 Å². The number of ether oxygens (including phenoxy) is 1. The first-order chi connectivity index (χ1) is 8.50. The summed E-state index contributed by atoms with van der Waals surface area (Å²) in [7, 11) is 0. The van der Waals surface area contributed by atoms with Crippen LogP contribution >= 0.6 is 0 Å². The highest BCUT2D eigenvalue weighted by Gasteiger charge is 2.45. The van der Waals surface area contributed by atoms with Gasteiger partial charge in [0, 0.05) is 19.2 Å². The van der Waals surface area contributed by atoms with Crippen molar-refractivity contribution in [2.75, 3.05) is 19.8 Å². The minimum absolute atomic E-state index is 0.304. The number of amides is 2. The van der Waals surface area contributed by atoms with Crippen molar-refractivity contribution in [3.63, 3.8) is 0 Å². The van der Waals surface area contributed by atoms with E-state index in [1.54, 1.807) is 6.92 Å². The lowest BCUT2D eigenvalue weighted by Crippen LogP contribution is -2.50. The summed E-state index contributed by atoms with van der Waals surface area (Å²) in [5.74, 6) is -0.848. The summed E-state index contributed by atoms with van der Waals surface area (Å²) in [6.07, 6.45) is 2.14. The van der Waals surface area contributed by atoms with E-state index < -0.39 is 11.4 Å². The van der Waals surface area contributed by atoms with Gasteiger partial charge >= 0.3 is 12.0 Å². The number of hydrogen-bond donors (Lipinski definition) is 3. The maximum absolute atomic E-state index is 11.6. The number of nitrogens with one attached hydrogen (secondary N) is 2. The number of carbonyl (C=O) groups is 2. The minimum atomic E-state index is -0.850. The van der Waals surface area contributed by atoms with Crippen molar-refractivity contribution in [2.45, 2.75) is 39.2 Å². The lowest BCUT2D eigenvalue weighted by Gasteiger charge is -2.27. The van der Waals surface area contributed by atoms with Crippen molar-refractivity contribution in [2.24, 2.45) is 5.41 Å². The van der Waals surface area contributed by atoms with Gasteiger partial charge in [-0.1, -0.05) is 6.42 Å². The van der Waals surface area contributed by atoms with Crippen LogP contribution in [0.5, 0.6) is 0 Å². The van der Waals surface area contributed by atoms with Crippen LogP contribution in [0.2, 0.25) is 0 Å². The number of carbonyl (C=O) groups excluding carboxylic acids is 1. The monoisotopic (exact) mass is 258 g/mol. The van der Waals surface area contributed by atoms with Crippen molar-refractivity contribution < 1.29 is 19.4 Å². The second-order valence-electron chi connectivity index (χ2n) is 4.76. The fourth-order valence-electron chi connectivity index (χ4n) is 2.24. The first kappa shape index (κ1) is 14.8. The Hall–Kier alpha value is -1.30. The molecular formula is C12H22N2O4. The highest BCUT2D eigenvalue weighted by atomic mass is 16.5. The van der Waals surface area contributed by atoms with Gasteiger partial charge in [0.2, 0.25) is 0 Å². The van der Waals surface area contributed by atoms with Crippen LogP contribution in [0.1, 0.15) is 33.1 Å². The Bertz CT molecular complexity index is 308. The number of hydrogen-bond acceptors (Lipinski definition) is 3. The summed E-state index contributed by atoms with van der Waals surface area (Å²) in [4.78, 5) is 22.8. The number of aliphatic carboxylic acids is 1. The molecule has 1 fully saturated rings. The Labute approximate surface area is 107 Å². The molecule has 0 aromatic rings. The summed E-state index contributed by atoms with van der Waals surface area (Å²) >= 11 is 0. The van der Waals surface area contributed by atoms with Crippen LogP contribution in [0.3, 0.4) is 0 Å². The standard InChI is InChI=1S/C12H22N2O4/c1-3-18-8-7-13-11(17)14-9-5-4-6-12(9,2)10(15)16/h9H,3-8H2,1-2H3,(H,15,16)(H2,13,14,17). The molecule has 0 saturated heterocycles. The SMILES string of the molecule is CCOCCNC(=O)NC1CCCC1(C)C(=O)O. The van der Waals surface area contributed by atoms with Gasteiger partial charge in [-0.05, 0) is 26.7 Å². The Morgan fingerprint density at radius 1 is 1.50 bits per heavy atom. The Balaban J connectivity index is 2.37. The van der Waals surface area contributed by atoms with E-state index in [9.17, 15) is 14.7 Å². The fourth-order valence-corrected chi connectivity index (χ4v) is 2.24. The van der Waals surface area contributed by atoms with E-state index in [4.69, 9.17) is 4.74 Å². The van der Waals surface area contributed by atoms with Crippen LogP contribution in [0, 0.1) is 5.41 Å². The fraction of sp³-hybridized carbons (Fsp3) is 0.833. The third kappa shape index (κ3) is 3.60. The van der Waals surface area contributed by atoms with E-state index in [0.717, 1.165) is 6.42 Å². The third-order valence-electron chi connectivity index (χ3n) is 3.49. The molecule has 6 heteroatoms. The van der Waals surface area contributed by atoms with Gasteiger partial charge in [-0.25, -0.2) is 4.79 Å². The molecule has 2 atom stereocenters. The smallest absolute Gasteiger partial charge is 0.315 e. The molecule has 0 aliphatic heterocycles. The zero-order valence-electron chi connectivity index (χ0n) is 11.0. The van der Waals surface area contributed by atoms with Gasteiger partial charge in [0.15, 0.2) is 0 Å². The largest absolute Gasteiger partial charge is 0.481 e. The van der Waals surface area contributed by atoms with Crippen molar-refractivity contribution in [1.29, 1.82) is 0 Å². The maximum atomic E-state index is 11.6. The molecule has 0 aromatic heterocycles. The van der Waals surface area contributed by atoms with Crippen molar-refractivity contribution in [3.8, 4) is 0 Å². The van der Waals surface area contributed by atoms with E-state index in [1.165, 1.54) is 0 Å². The molecule has 1 aliphatic carbocycles. The Morgan fingerprint density at radius 3 is 2.83 bits per heavy atom. The van der Waals surface area contributed by atoms with Gasteiger partial charge < -0.3 is 20.5 Å². The van der Waals surface area contributed by atoms with E-state index in [2.05, 4.69) is 10.6 Å². The van der Waals surface area contributed by atoms with Gasteiger partial charge in [0.1, 0.15) is 0 Å². The first-order valence-corrected chi connectivity index (χ1v) is 6.36. The quantitative estimate of drug-likeness (QED) is 0.619. The number of carboxylic acid groups (broad SMARTS) is 1. The molecule has 1 rings (SSSR count). The molecule has 3 N–H and O–H groups in total. The second-order valence-corrected chi connectivity index (χ2v) is 4.76. The zero-order chi connectivity index (χ0) is 13.6. The second kappa shape index (κ2) is 6.58. The van der Waals surface area contributed by atoms with Gasteiger partial charge in [-0.3, -0.25) is 4.79 Å². The maximum Gasteiger partial charge on any atom is 0.315 e. The average molecular weight is 258 g/mol. The molecule has 1 aliphatic rings. The molecule has 1 saturated carbocycles.